The number of carbonyl (C=O) groups is 1. The molecule has 1 amide bonds. The van der Waals surface area contributed by atoms with Gasteiger partial charge in [-0.05, 0) is 32.6 Å². The second-order valence-corrected chi connectivity index (χ2v) is 5.30. The van der Waals surface area contributed by atoms with Crippen LogP contribution in [0.15, 0.2) is 5.16 Å². The summed E-state index contributed by atoms with van der Waals surface area (Å²) in [6.07, 6.45) is 5.62. The van der Waals surface area contributed by atoms with Gasteiger partial charge in [0.15, 0.2) is 5.84 Å². The van der Waals surface area contributed by atoms with Gasteiger partial charge in [0, 0.05) is 12.6 Å². The van der Waals surface area contributed by atoms with Crippen molar-refractivity contribution < 1.29 is 10.0 Å². The summed E-state index contributed by atoms with van der Waals surface area (Å²) in [7, 11) is 0. The number of amidine groups is 1. The fourth-order valence-electron chi connectivity index (χ4n) is 3.18. The Labute approximate surface area is 115 Å². The van der Waals surface area contributed by atoms with Crippen LogP contribution in [-0.4, -0.2) is 34.4 Å². The lowest BCUT2D eigenvalue weighted by Crippen LogP contribution is -2.53. The van der Waals surface area contributed by atoms with Crippen LogP contribution in [0.25, 0.3) is 0 Å². The highest BCUT2D eigenvalue weighted by Crippen LogP contribution is 2.33. The van der Waals surface area contributed by atoms with Crippen molar-refractivity contribution in [3.63, 3.8) is 0 Å². The van der Waals surface area contributed by atoms with Gasteiger partial charge in [-0.2, -0.15) is 0 Å². The normalized spacial score (nSPS) is 17.7. The molecular weight excluding hydrogens is 242 g/mol. The van der Waals surface area contributed by atoms with Crippen LogP contribution in [0.5, 0.6) is 0 Å². The Morgan fingerprint density at radius 3 is 2.21 bits per heavy atom. The molecule has 0 bridgehead atoms. The number of amides is 1. The zero-order valence-electron chi connectivity index (χ0n) is 12.4. The highest BCUT2D eigenvalue weighted by Gasteiger charge is 2.44. The molecule has 0 saturated heterocycles. The maximum atomic E-state index is 12.9. The number of hydrogen-bond donors (Lipinski definition) is 2. The van der Waals surface area contributed by atoms with Gasteiger partial charge in [0.2, 0.25) is 5.91 Å². The summed E-state index contributed by atoms with van der Waals surface area (Å²) < 4.78 is 0. The minimum atomic E-state index is -0.854. The van der Waals surface area contributed by atoms with E-state index in [9.17, 15) is 4.79 Å². The lowest BCUT2D eigenvalue weighted by molar-refractivity contribution is -0.141. The van der Waals surface area contributed by atoms with Crippen molar-refractivity contribution in [2.75, 3.05) is 6.54 Å². The van der Waals surface area contributed by atoms with E-state index in [-0.39, 0.29) is 11.7 Å². The van der Waals surface area contributed by atoms with Crippen molar-refractivity contribution in [3.8, 4) is 0 Å². The van der Waals surface area contributed by atoms with Crippen molar-refractivity contribution >= 4 is 11.7 Å². The van der Waals surface area contributed by atoms with Crippen molar-refractivity contribution in [1.82, 2.24) is 4.90 Å². The molecule has 0 aromatic rings. The molecule has 0 spiro atoms. The molecule has 0 unspecified atom stereocenters. The van der Waals surface area contributed by atoms with Gasteiger partial charge in [0.05, 0.1) is 0 Å². The van der Waals surface area contributed by atoms with Gasteiger partial charge in [-0.25, -0.2) is 0 Å². The second-order valence-electron chi connectivity index (χ2n) is 5.30. The summed E-state index contributed by atoms with van der Waals surface area (Å²) in [5.74, 6) is 0.0566. The van der Waals surface area contributed by atoms with Crippen molar-refractivity contribution in [2.24, 2.45) is 16.3 Å². The number of nitrogens with zero attached hydrogens (tertiary/aromatic N) is 2. The van der Waals surface area contributed by atoms with E-state index >= 15 is 0 Å². The second kappa shape index (κ2) is 6.78. The Bertz CT molecular complexity index is 332. The lowest BCUT2D eigenvalue weighted by atomic mass is 9.79. The molecule has 5 heteroatoms. The van der Waals surface area contributed by atoms with Crippen LogP contribution >= 0.6 is 0 Å². The summed E-state index contributed by atoms with van der Waals surface area (Å²) in [5, 5.41) is 12.1. The Balaban J connectivity index is 3.03. The first-order valence-corrected chi connectivity index (χ1v) is 7.36. The summed E-state index contributed by atoms with van der Waals surface area (Å²) in [4.78, 5) is 14.8. The van der Waals surface area contributed by atoms with E-state index in [2.05, 4.69) is 5.16 Å². The van der Waals surface area contributed by atoms with Gasteiger partial charge in [0.1, 0.15) is 5.41 Å². The van der Waals surface area contributed by atoms with E-state index < -0.39 is 5.41 Å². The Hall–Kier alpha value is -1.26. The molecule has 0 radical (unpaired) electrons. The molecule has 1 aliphatic rings. The van der Waals surface area contributed by atoms with Crippen LogP contribution in [0.4, 0.5) is 0 Å². The fraction of sp³-hybridized carbons (Fsp3) is 0.857. The highest BCUT2D eigenvalue weighted by molar-refractivity contribution is 6.06. The van der Waals surface area contributed by atoms with Crippen LogP contribution in [0.3, 0.4) is 0 Å². The predicted octanol–water partition coefficient (Wildman–Crippen LogP) is 2.33. The van der Waals surface area contributed by atoms with E-state index in [1.165, 1.54) is 12.8 Å². The molecule has 1 aliphatic carbocycles. The third kappa shape index (κ3) is 2.85. The van der Waals surface area contributed by atoms with Crippen LogP contribution in [-0.2, 0) is 4.79 Å². The molecule has 0 aliphatic heterocycles. The van der Waals surface area contributed by atoms with Gasteiger partial charge >= 0.3 is 0 Å². The number of hydrogen-bond acceptors (Lipinski definition) is 3. The zero-order valence-corrected chi connectivity index (χ0v) is 12.4. The van der Waals surface area contributed by atoms with Gasteiger partial charge in [-0.15, -0.1) is 0 Å². The molecular formula is C14H27N3O2. The largest absolute Gasteiger partial charge is 0.409 e. The van der Waals surface area contributed by atoms with E-state index in [0.717, 1.165) is 12.8 Å². The zero-order chi connectivity index (χ0) is 14.5. The first kappa shape index (κ1) is 15.8. The number of nitrogens with two attached hydrogens (primary N) is 1. The summed E-state index contributed by atoms with van der Waals surface area (Å²) in [6, 6.07) is 0.321. The molecule has 1 rings (SSSR count). The highest BCUT2D eigenvalue weighted by atomic mass is 16.4. The van der Waals surface area contributed by atoms with Crippen LogP contribution in [0, 0.1) is 5.41 Å². The molecule has 0 heterocycles. The summed E-state index contributed by atoms with van der Waals surface area (Å²) >= 11 is 0. The van der Waals surface area contributed by atoms with Gasteiger partial charge in [-0.1, -0.05) is 31.8 Å². The van der Waals surface area contributed by atoms with Gasteiger partial charge in [-0.3, -0.25) is 4.79 Å². The maximum Gasteiger partial charge on any atom is 0.236 e. The standard InChI is InChI=1S/C14H27N3O2/c1-4-14(5-2,12(15)16-19)13(18)17(6-3)11-9-7-8-10-11/h11,19H,4-10H2,1-3H3,(H2,15,16). The Kier molecular flexibility index (Phi) is 5.63. The molecule has 1 fully saturated rings. The SMILES string of the molecule is CCN(C(=O)C(CC)(CC)C(N)=NO)C1CCCC1. The molecule has 5 nitrogen and oxygen atoms in total. The topological polar surface area (TPSA) is 78.9 Å². The molecule has 110 valence electrons. The van der Waals surface area contributed by atoms with E-state index in [1.807, 2.05) is 25.7 Å². The maximum absolute atomic E-state index is 12.9. The van der Waals surface area contributed by atoms with Crippen LogP contribution in [0.2, 0.25) is 0 Å². The van der Waals surface area contributed by atoms with Crippen LogP contribution in [0.1, 0.15) is 59.3 Å². The van der Waals surface area contributed by atoms with Gasteiger partial charge in [0.25, 0.3) is 0 Å². The minimum Gasteiger partial charge on any atom is -0.409 e. The number of carbonyl (C=O) groups excluding carboxylic acids is 1. The molecule has 0 aromatic heterocycles. The first-order valence-electron chi connectivity index (χ1n) is 7.36. The van der Waals surface area contributed by atoms with Crippen molar-refractivity contribution in [1.29, 1.82) is 0 Å². The molecule has 19 heavy (non-hydrogen) atoms. The monoisotopic (exact) mass is 269 g/mol. The van der Waals surface area contributed by atoms with Gasteiger partial charge < -0.3 is 15.8 Å². The predicted molar refractivity (Wildman–Crippen MR) is 76.1 cm³/mol. The quantitative estimate of drug-likeness (QED) is 0.336. The minimum absolute atomic E-state index is 0.0159. The Morgan fingerprint density at radius 2 is 1.84 bits per heavy atom. The van der Waals surface area contributed by atoms with Crippen LogP contribution < -0.4 is 5.73 Å². The average Bonchev–Trinajstić information content (AvgIpc) is 2.95. The number of rotatable bonds is 6. The summed E-state index contributed by atoms with van der Waals surface area (Å²) in [6.45, 7) is 6.52. The molecule has 3 N–H and O–H groups in total. The van der Waals surface area contributed by atoms with Crippen molar-refractivity contribution in [2.45, 2.75) is 65.3 Å². The third-order valence-electron chi connectivity index (χ3n) is 4.58. The summed E-state index contributed by atoms with van der Waals surface area (Å²) in [5.41, 5.74) is 4.96. The lowest BCUT2D eigenvalue weighted by Gasteiger charge is -2.37. The van der Waals surface area contributed by atoms with E-state index in [4.69, 9.17) is 10.9 Å². The third-order valence-corrected chi connectivity index (χ3v) is 4.58. The average molecular weight is 269 g/mol. The molecule has 1 saturated carbocycles. The fourth-order valence-corrected chi connectivity index (χ4v) is 3.18. The number of oxime groups is 1. The van der Waals surface area contributed by atoms with Crippen molar-refractivity contribution in [3.05, 3.63) is 0 Å². The smallest absolute Gasteiger partial charge is 0.236 e. The first-order chi connectivity index (χ1) is 9.07. The molecule has 0 atom stereocenters. The Morgan fingerprint density at radius 1 is 1.32 bits per heavy atom. The molecule has 0 aromatic carbocycles. The van der Waals surface area contributed by atoms with E-state index in [0.29, 0.717) is 25.4 Å². The van der Waals surface area contributed by atoms with E-state index in [1.54, 1.807) is 0 Å².